The van der Waals surface area contributed by atoms with Gasteiger partial charge in [-0.25, -0.2) is 0 Å². The molecule has 1 N–H and O–H groups in total. The number of nitroso groups, excluding NO2 is 2. The first kappa shape index (κ1) is 10.7. The Morgan fingerprint density at radius 3 is 2.33 bits per heavy atom. The number of aliphatic carboxylic acids is 1. The molecule has 0 fully saturated rings. The third-order valence-electron chi connectivity index (χ3n) is 1.51. The predicted octanol–water partition coefficient (Wildman–Crippen LogP) is 1.14. The maximum absolute atomic E-state index is 10.1. The van der Waals surface area contributed by atoms with Crippen LogP contribution in [0.4, 0.5) is 0 Å². The van der Waals surface area contributed by atoms with Gasteiger partial charge in [0.25, 0.3) is 0 Å². The Bertz CT molecular complexity index is 182. The molecule has 0 spiro atoms. The zero-order chi connectivity index (χ0) is 9.56. The van der Waals surface area contributed by atoms with Crippen LogP contribution in [0.2, 0.25) is 0 Å². The molecule has 0 saturated carbocycles. The molecular formula is C6H10N2O4. The second kappa shape index (κ2) is 5.34. The zero-order valence-electron chi connectivity index (χ0n) is 6.64. The normalized spacial score (nSPS) is 14.8. The number of nitrogens with zero attached hydrogens (tertiary/aromatic N) is 2. The fourth-order valence-electron chi connectivity index (χ4n) is 0.724. The molecule has 0 heterocycles. The number of hydrogen-bond donors (Lipinski definition) is 1. The van der Waals surface area contributed by atoms with Gasteiger partial charge < -0.3 is 5.11 Å². The minimum atomic E-state index is -1.01. The first-order valence-corrected chi connectivity index (χ1v) is 3.48. The first-order valence-electron chi connectivity index (χ1n) is 3.48. The second-order valence-corrected chi connectivity index (χ2v) is 2.45. The molecule has 0 saturated heterocycles. The lowest BCUT2D eigenvalue weighted by Gasteiger charge is -2.07. The summed E-state index contributed by atoms with van der Waals surface area (Å²) in [5, 5.41) is 13.5. The fraction of sp³-hybridized carbons (Fsp3) is 0.833. The van der Waals surface area contributed by atoms with Crippen LogP contribution in [0, 0.1) is 9.81 Å². The molecule has 0 aromatic carbocycles. The van der Waals surface area contributed by atoms with Gasteiger partial charge in [0.05, 0.1) is 0 Å². The Balaban J connectivity index is 3.90. The molecule has 2 unspecified atom stereocenters. The van der Waals surface area contributed by atoms with Gasteiger partial charge in [-0.05, 0) is 13.3 Å². The lowest BCUT2D eigenvalue weighted by Crippen LogP contribution is -2.19. The highest BCUT2D eigenvalue weighted by atomic mass is 16.4. The van der Waals surface area contributed by atoms with Gasteiger partial charge in [-0.2, -0.15) is 9.81 Å². The van der Waals surface area contributed by atoms with E-state index in [1.165, 1.54) is 6.92 Å². The van der Waals surface area contributed by atoms with Gasteiger partial charge in [-0.3, -0.25) is 4.79 Å². The molecule has 0 aromatic heterocycles. The lowest BCUT2D eigenvalue weighted by molar-refractivity contribution is -0.137. The van der Waals surface area contributed by atoms with Crippen LogP contribution in [-0.2, 0) is 4.79 Å². The molecule has 0 aromatic rings. The third-order valence-corrected chi connectivity index (χ3v) is 1.51. The van der Waals surface area contributed by atoms with Crippen molar-refractivity contribution in [1.82, 2.24) is 0 Å². The van der Waals surface area contributed by atoms with Crippen LogP contribution < -0.4 is 0 Å². The van der Waals surface area contributed by atoms with Crippen LogP contribution in [-0.4, -0.2) is 23.2 Å². The van der Waals surface area contributed by atoms with Crippen LogP contribution in [0.25, 0.3) is 0 Å². The van der Waals surface area contributed by atoms with E-state index in [0.717, 1.165) is 0 Å². The highest BCUT2D eigenvalue weighted by molar-refractivity contribution is 5.66. The van der Waals surface area contributed by atoms with Crippen LogP contribution in [0.1, 0.15) is 19.8 Å². The van der Waals surface area contributed by atoms with Gasteiger partial charge >= 0.3 is 5.97 Å². The molecule has 12 heavy (non-hydrogen) atoms. The van der Waals surface area contributed by atoms with Crippen molar-refractivity contribution >= 4 is 5.97 Å². The quantitative estimate of drug-likeness (QED) is 0.610. The van der Waals surface area contributed by atoms with Crippen molar-refractivity contribution < 1.29 is 9.90 Å². The molecule has 0 aliphatic carbocycles. The molecule has 0 radical (unpaired) electrons. The summed E-state index contributed by atoms with van der Waals surface area (Å²) >= 11 is 0. The number of carboxylic acid groups (broad SMARTS) is 1. The van der Waals surface area contributed by atoms with E-state index >= 15 is 0 Å². The van der Waals surface area contributed by atoms with Crippen molar-refractivity contribution in [2.45, 2.75) is 31.8 Å². The van der Waals surface area contributed by atoms with Crippen molar-refractivity contribution in [3.8, 4) is 0 Å². The number of carbonyl (C=O) groups is 1. The number of hydrogen-bond acceptors (Lipinski definition) is 5. The van der Waals surface area contributed by atoms with Crippen LogP contribution in [0.15, 0.2) is 10.4 Å². The van der Waals surface area contributed by atoms with Crippen molar-refractivity contribution in [3.63, 3.8) is 0 Å². The van der Waals surface area contributed by atoms with Crippen molar-refractivity contribution in [2.75, 3.05) is 0 Å². The summed E-state index contributed by atoms with van der Waals surface area (Å²) < 4.78 is 0. The maximum atomic E-state index is 10.1. The summed E-state index contributed by atoms with van der Waals surface area (Å²) in [6.07, 6.45) is -0.109. The Morgan fingerprint density at radius 1 is 1.42 bits per heavy atom. The monoisotopic (exact) mass is 174 g/mol. The second-order valence-electron chi connectivity index (χ2n) is 2.45. The third kappa shape index (κ3) is 3.75. The van der Waals surface area contributed by atoms with Crippen LogP contribution in [0.5, 0.6) is 0 Å². The number of carboxylic acids is 1. The predicted molar refractivity (Wildman–Crippen MR) is 41.7 cm³/mol. The molecule has 2 atom stereocenters. The Morgan fingerprint density at radius 2 is 2.00 bits per heavy atom. The molecule has 6 heteroatoms. The maximum Gasteiger partial charge on any atom is 0.303 e. The summed E-state index contributed by atoms with van der Waals surface area (Å²) in [6.45, 7) is 1.43. The van der Waals surface area contributed by atoms with E-state index in [2.05, 4.69) is 10.4 Å². The molecule has 0 rings (SSSR count). The highest BCUT2D eigenvalue weighted by Gasteiger charge is 2.19. The molecule has 6 nitrogen and oxygen atoms in total. The topological polar surface area (TPSA) is 96.2 Å². The largest absolute Gasteiger partial charge is 0.481 e. The Labute approximate surface area is 68.9 Å². The Kier molecular flexibility index (Phi) is 4.75. The molecule has 0 aliphatic rings. The van der Waals surface area contributed by atoms with E-state index in [1.807, 2.05) is 0 Å². The average molecular weight is 174 g/mol. The van der Waals surface area contributed by atoms with E-state index in [0.29, 0.717) is 0 Å². The zero-order valence-corrected chi connectivity index (χ0v) is 6.64. The standard InChI is InChI=1S/C6H10N2O4/c1-4(7-11)5(8-12)2-3-6(9)10/h4-5H,2-3H2,1H3,(H,9,10). The Hall–Kier alpha value is -1.33. The van der Waals surface area contributed by atoms with E-state index in [9.17, 15) is 14.6 Å². The average Bonchev–Trinajstić information content (AvgIpc) is 2.04. The molecule has 0 bridgehead atoms. The fourth-order valence-corrected chi connectivity index (χ4v) is 0.724. The van der Waals surface area contributed by atoms with Crippen molar-refractivity contribution in [2.24, 2.45) is 10.4 Å². The van der Waals surface area contributed by atoms with E-state index < -0.39 is 18.1 Å². The molecule has 0 aliphatic heterocycles. The van der Waals surface area contributed by atoms with E-state index in [-0.39, 0.29) is 12.8 Å². The lowest BCUT2D eigenvalue weighted by atomic mass is 10.1. The number of rotatable bonds is 6. The van der Waals surface area contributed by atoms with Crippen LogP contribution in [0.3, 0.4) is 0 Å². The molecular weight excluding hydrogens is 164 g/mol. The van der Waals surface area contributed by atoms with E-state index in [4.69, 9.17) is 5.11 Å². The molecule has 0 amide bonds. The molecule has 68 valence electrons. The first-order chi connectivity index (χ1) is 5.61. The minimum Gasteiger partial charge on any atom is -0.481 e. The van der Waals surface area contributed by atoms with Crippen molar-refractivity contribution in [1.29, 1.82) is 0 Å². The summed E-state index contributed by atoms with van der Waals surface area (Å²) in [7, 11) is 0. The minimum absolute atomic E-state index is 0.0613. The van der Waals surface area contributed by atoms with Gasteiger partial charge in [0, 0.05) is 6.42 Å². The van der Waals surface area contributed by atoms with Gasteiger partial charge in [-0.15, -0.1) is 0 Å². The summed E-state index contributed by atoms with van der Waals surface area (Å²) in [4.78, 5) is 30.1. The summed E-state index contributed by atoms with van der Waals surface area (Å²) in [6, 6.07) is -1.57. The van der Waals surface area contributed by atoms with Crippen molar-refractivity contribution in [3.05, 3.63) is 9.81 Å². The SMILES string of the molecule is CC(N=O)C(CCC(=O)O)N=O. The van der Waals surface area contributed by atoms with E-state index in [1.54, 1.807) is 0 Å². The summed E-state index contributed by atoms with van der Waals surface area (Å²) in [5.74, 6) is -1.01. The van der Waals surface area contributed by atoms with Gasteiger partial charge in [-0.1, -0.05) is 10.4 Å². The van der Waals surface area contributed by atoms with Gasteiger partial charge in [0.15, 0.2) is 0 Å². The highest BCUT2D eigenvalue weighted by Crippen LogP contribution is 2.09. The summed E-state index contributed by atoms with van der Waals surface area (Å²) in [5.41, 5.74) is 0. The van der Waals surface area contributed by atoms with Gasteiger partial charge in [0.2, 0.25) is 0 Å². The van der Waals surface area contributed by atoms with Gasteiger partial charge in [0.1, 0.15) is 12.1 Å². The smallest absolute Gasteiger partial charge is 0.303 e. The van der Waals surface area contributed by atoms with Crippen LogP contribution >= 0.6 is 0 Å².